The first kappa shape index (κ1) is 18.2. The first-order valence-electron chi connectivity index (χ1n) is 10.7. The van der Waals surface area contributed by atoms with Gasteiger partial charge in [-0.05, 0) is 69.2 Å². The molecule has 0 aromatic carbocycles. The Morgan fingerprint density at radius 1 is 1.29 bits per heavy atom. The number of amides is 1. The van der Waals surface area contributed by atoms with E-state index in [2.05, 4.69) is 15.8 Å². The van der Waals surface area contributed by atoms with Crippen LogP contribution in [0.15, 0.2) is 10.6 Å². The number of hydrogen-bond donors (Lipinski definition) is 2. The van der Waals surface area contributed by atoms with Crippen LogP contribution in [0.25, 0.3) is 0 Å². The first-order valence-corrected chi connectivity index (χ1v) is 10.7. The van der Waals surface area contributed by atoms with Crippen molar-refractivity contribution in [2.75, 3.05) is 13.1 Å². The molecule has 1 aliphatic heterocycles. The monoisotopic (exact) mass is 387 g/mol. The molecule has 2 N–H and O–H groups in total. The van der Waals surface area contributed by atoms with Gasteiger partial charge in [0, 0.05) is 12.6 Å². The lowest BCUT2D eigenvalue weighted by molar-refractivity contribution is -0.161. The highest BCUT2D eigenvalue weighted by Gasteiger charge is 2.72. The number of nitrogens with one attached hydrogen (secondary N) is 2. The Hall–Kier alpha value is -1.89. The topological polar surface area (TPSA) is 93.5 Å². The lowest BCUT2D eigenvalue weighted by Crippen LogP contribution is -2.44. The number of piperidine rings is 1. The summed E-state index contributed by atoms with van der Waals surface area (Å²) in [5, 5.41) is 10.3. The van der Waals surface area contributed by atoms with Crippen LogP contribution in [-0.2, 0) is 20.9 Å². The molecule has 7 nitrogen and oxygen atoms in total. The van der Waals surface area contributed by atoms with Gasteiger partial charge in [0.25, 0.3) is 0 Å². The van der Waals surface area contributed by atoms with Crippen molar-refractivity contribution in [3.63, 3.8) is 0 Å². The van der Waals surface area contributed by atoms with Crippen LogP contribution in [0, 0.1) is 36.0 Å². The second-order valence-corrected chi connectivity index (χ2v) is 9.13. The molecule has 2 bridgehead atoms. The molecule has 1 amide bonds. The number of hydrogen-bond acceptors (Lipinski definition) is 6. The number of carbonyl (C=O) groups excluding carboxylic acids is 2. The normalized spacial score (nSPS) is 35.1. The van der Waals surface area contributed by atoms with Gasteiger partial charge in [-0.3, -0.25) is 9.59 Å². The molecule has 5 rings (SSSR count). The minimum absolute atomic E-state index is 0.0251. The molecule has 1 aromatic heterocycles. The largest absolute Gasteiger partial charge is 0.461 e. The van der Waals surface area contributed by atoms with E-state index in [0.717, 1.165) is 57.4 Å². The Kier molecular flexibility index (Phi) is 4.45. The minimum Gasteiger partial charge on any atom is -0.461 e. The molecule has 1 aromatic rings. The molecule has 1 spiro atoms. The summed E-state index contributed by atoms with van der Waals surface area (Å²) in [6, 6.07) is 1.82. The molecular weight excluding hydrogens is 358 g/mol. The van der Waals surface area contributed by atoms with E-state index in [1.54, 1.807) is 0 Å². The molecule has 3 saturated carbocycles. The summed E-state index contributed by atoms with van der Waals surface area (Å²) in [6.07, 6.45) is 6.30. The van der Waals surface area contributed by atoms with E-state index in [9.17, 15) is 9.59 Å². The van der Waals surface area contributed by atoms with Crippen molar-refractivity contribution in [2.45, 2.75) is 58.1 Å². The smallest absolute Gasteiger partial charge is 0.310 e. The van der Waals surface area contributed by atoms with E-state index < -0.39 is 0 Å². The van der Waals surface area contributed by atoms with Gasteiger partial charge in [-0.1, -0.05) is 5.16 Å². The molecule has 2 heterocycles. The maximum absolute atomic E-state index is 13.2. The van der Waals surface area contributed by atoms with Crippen LogP contribution in [0.1, 0.15) is 50.0 Å². The lowest BCUT2D eigenvalue weighted by atomic mass is 9.78. The molecule has 0 radical (unpaired) electrons. The van der Waals surface area contributed by atoms with Crippen LogP contribution in [0.4, 0.5) is 0 Å². The van der Waals surface area contributed by atoms with Gasteiger partial charge in [-0.25, -0.2) is 0 Å². The van der Waals surface area contributed by atoms with Crippen molar-refractivity contribution >= 4 is 11.9 Å². The summed E-state index contributed by atoms with van der Waals surface area (Å²) in [5.41, 5.74) is 0.934. The number of aromatic nitrogens is 1. The second-order valence-electron chi connectivity index (χ2n) is 9.13. The fraction of sp³-hybridized carbons (Fsp3) is 0.762. The zero-order valence-electron chi connectivity index (χ0n) is 16.4. The van der Waals surface area contributed by atoms with E-state index in [1.165, 1.54) is 0 Å². The number of rotatable bonds is 5. The number of nitrogens with zero attached hydrogens (tertiary/aromatic N) is 1. The molecule has 3 aliphatic carbocycles. The highest BCUT2D eigenvalue weighted by atomic mass is 16.5. The van der Waals surface area contributed by atoms with Crippen molar-refractivity contribution in [3.8, 4) is 0 Å². The molecule has 7 heteroatoms. The van der Waals surface area contributed by atoms with E-state index in [0.29, 0.717) is 24.1 Å². The maximum atomic E-state index is 13.2. The van der Waals surface area contributed by atoms with Crippen molar-refractivity contribution in [1.82, 2.24) is 15.8 Å². The van der Waals surface area contributed by atoms with Crippen LogP contribution in [0.3, 0.4) is 0 Å². The Morgan fingerprint density at radius 2 is 2.07 bits per heavy atom. The maximum Gasteiger partial charge on any atom is 0.310 e. The molecular formula is C21H29N3O4. The van der Waals surface area contributed by atoms with Gasteiger partial charge >= 0.3 is 5.97 Å². The standard InChI is InChI=1S/C21H29N3O4/c1-12-9-13(24-28-12)10-23-19(25)17-15-4-5-16(21(15)6-7-21)18(17)20(26)27-14-3-2-8-22-11-14/h9,14-18,22H,2-8,10-11H2,1H3,(H,23,25)/t14?,15-,16+,17+,18+/m0/s1. The summed E-state index contributed by atoms with van der Waals surface area (Å²) >= 11 is 0. The van der Waals surface area contributed by atoms with Crippen LogP contribution < -0.4 is 10.6 Å². The molecule has 4 fully saturated rings. The van der Waals surface area contributed by atoms with Gasteiger partial charge < -0.3 is 19.9 Å². The molecule has 1 unspecified atom stereocenters. The first-order chi connectivity index (χ1) is 13.6. The number of carbonyl (C=O) groups is 2. The Balaban J connectivity index is 1.31. The highest BCUT2D eigenvalue weighted by Crippen LogP contribution is 2.74. The van der Waals surface area contributed by atoms with Gasteiger partial charge in [0.2, 0.25) is 5.91 Å². The van der Waals surface area contributed by atoms with E-state index in [4.69, 9.17) is 9.26 Å². The third kappa shape index (κ3) is 2.95. The number of esters is 1. The molecule has 5 atom stereocenters. The Morgan fingerprint density at radius 3 is 2.71 bits per heavy atom. The van der Waals surface area contributed by atoms with Crippen molar-refractivity contribution < 1.29 is 18.8 Å². The number of aryl methyl sites for hydroxylation is 1. The van der Waals surface area contributed by atoms with Crippen LogP contribution in [0.5, 0.6) is 0 Å². The predicted molar refractivity (Wildman–Crippen MR) is 99.9 cm³/mol. The summed E-state index contributed by atoms with van der Waals surface area (Å²) in [7, 11) is 0. The fourth-order valence-electron chi connectivity index (χ4n) is 6.29. The number of ether oxygens (including phenoxy) is 1. The Labute approximate surface area is 164 Å². The zero-order chi connectivity index (χ0) is 19.3. The van der Waals surface area contributed by atoms with Crippen LogP contribution in [0.2, 0.25) is 0 Å². The SMILES string of the molecule is Cc1cc(CNC(=O)[C@H]2[C@H](C(=O)OC3CCCNC3)[C@H]3CC[C@@H]2C32CC2)no1. The van der Waals surface area contributed by atoms with Crippen LogP contribution in [-0.4, -0.2) is 36.2 Å². The predicted octanol–water partition coefficient (Wildman–Crippen LogP) is 1.95. The van der Waals surface area contributed by atoms with Gasteiger partial charge in [0.1, 0.15) is 17.6 Å². The minimum atomic E-state index is -0.290. The lowest BCUT2D eigenvalue weighted by Gasteiger charge is -2.31. The zero-order valence-corrected chi connectivity index (χ0v) is 16.4. The third-order valence-corrected chi connectivity index (χ3v) is 7.58. The van der Waals surface area contributed by atoms with Gasteiger partial charge in [0.05, 0.1) is 18.4 Å². The Bertz CT molecular complexity index is 765. The van der Waals surface area contributed by atoms with E-state index >= 15 is 0 Å². The summed E-state index contributed by atoms with van der Waals surface area (Å²) < 4.78 is 11.0. The molecule has 152 valence electrons. The van der Waals surface area contributed by atoms with Gasteiger partial charge in [0.15, 0.2) is 0 Å². The fourth-order valence-corrected chi connectivity index (χ4v) is 6.29. The van der Waals surface area contributed by atoms with Gasteiger partial charge in [-0.15, -0.1) is 0 Å². The van der Waals surface area contributed by atoms with Crippen molar-refractivity contribution in [1.29, 1.82) is 0 Å². The summed E-state index contributed by atoms with van der Waals surface area (Å²) in [6.45, 7) is 3.88. The van der Waals surface area contributed by atoms with E-state index in [1.807, 2.05) is 13.0 Å². The third-order valence-electron chi connectivity index (χ3n) is 7.58. The second kappa shape index (κ2) is 6.87. The van der Waals surface area contributed by atoms with Gasteiger partial charge in [-0.2, -0.15) is 0 Å². The summed E-state index contributed by atoms with van der Waals surface area (Å²) in [5.74, 6) is 0.627. The summed E-state index contributed by atoms with van der Waals surface area (Å²) in [4.78, 5) is 26.3. The molecule has 4 aliphatic rings. The average Bonchev–Trinajstić information content (AvgIpc) is 3.18. The average molecular weight is 387 g/mol. The van der Waals surface area contributed by atoms with Crippen molar-refractivity contribution in [3.05, 3.63) is 17.5 Å². The van der Waals surface area contributed by atoms with Crippen molar-refractivity contribution in [2.24, 2.45) is 29.1 Å². The van der Waals surface area contributed by atoms with Crippen LogP contribution >= 0.6 is 0 Å². The highest BCUT2D eigenvalue weighted by molar-refractivity contribution is 5.87. The molecule has 28 heavy (non-hydrogen) atoms. The van der Waals surface area contributed by atoms with E-state index in [-0.39, 0.29) is 35.2 Å². The quantitative estimate of drug-likeness (QED) is 0.750. The molecule has 1 saturated heterocycles.